The number of thiazole rings is 1. The normalized spacial score (nSPS) is 12.1. The van der Waals surface area contributed by atoms with Crippen LogP contribution in [0.4, 0.5) is 9.52 Å². The molecule has 118 valence electrons. The maximum atomic E-state index is 12.9. The largest absolute Gasteiger partial charge is 0.385 e. The van der Waals surface area contributed by atoms with Crippen LogP contribution in [-0.4, -0.2) is 24.6 Å². The van der Waals surface area contributed by atoms with Crippen molar-refractivity contribution in [2.75, 3.05) is 19.0 Å². The highest BCUT2D eigenvalue weighted by molar-refractivity contribution is 7.15. The number of aromatic nitrogens is 1. The van der Waals surface area contributed by atoms with Gasteiger partial charge in [0.2, 0.25) is 5.91 Å². The van der Waals surface area contributed by atoms with E-state index in [2.05, 4.69) is 10.3 Å². The molecule has 0 aliphatic heterocycles. The summed E-state index contributed by atoms with van der Waals surface area (Å²) in [5, 5.41) is 3.41. The molecule has 0 saturated heterocycles. The molecule has 0 spiro atoms. The number of carbonyl (C=O) groups excluding carboxylic acids is 1. The van der Waals surface area contributed by atoms with E-state index < -0.39 is 0 Å². The molecule has 0 aliphatic carbocycles. The SMILES string of the molecule is COCCC(C)C(=O)Nc1ncc(Cc2ccc(F)cc2)s1. The molecule has 0 radical (unpaired) electrons. The summed E-state index contributed by atoms with van der Waals surface area (Å²) in [6.07, 6.45) is 3.09. The van der Waals surface area contributed by atoms with E-state index in [-0.39, 0.29) is 17.6 Å². The average Bonchev–Trinajstić information content (AvgIpc) is 2.94. The molecule has 2 rings (SSSR count). The van der Waals surface area contributed by atoms with Gasteiger partial charge in [-0.1, -0.05) is 19.1 Å². The van der Waals surface area contributed by atoms with Gasteiger partial charge >= 0.3 is 0 Å². The molecule has 1 N–H and O–H groups in total. The number of carbonyl (C=O) groups is 1. The van der Waals surface area contributed by atoms with Crippen LogP contribution in [0.25, 0.3) is 0 Å². The minimum atomic E-state index is -0.244. The van der Waals surface area contributed by atoms with E-state index in [9.17, 15) is 9.18 Å². The number of methoxy groups -OCH3 is 1. The molecule has 6 heteroatoms. The maximum Gasteiger partial charge on any atom is 0.229 e. The van der Waals surface area contributed by atoms with Gasteiger partial charge in [-0.2, -0.15) is 0 Å². The summed E-state index contributed by atoms with van der Waals surface area (Å²) in [7, 11) is 1.62. The van der Waals surface area contributed by atoms with Crippen LogP contribution >= 0.6 is 11.3 Å². The highest BCUT2D eigenvalue weighted by atomic mass is 32.1. The van der Waals surface area contributed by atoms with E-state index in [4.69, 9.17) is 4.74 Å². The molecule has 2 aromatic rings. The Labute approximate surface area is 133 Å². The topological polar surface area (TPSA) is 51.2 Å². The standard InChI is InChI=1S/C16H19FN2O2S/c1-11(7-8-21-2)15(20)19-16-18-10-14(22-16)9-12-3-5-13(17)6-4-12/h3-6,10-11H,7-9H2,1-2H3,(H,18,19,20). The molecule has 1 heterocycles. The Morgan fingerprint density at radius 1 is 1.41 bits per heavy atom. The molecule has 1 atom stereocenters. The van der Waals surface area contributed by atoms with E-state index in [0.29, 0.717) is 24.6 Å². The molecule has 1 amide bonds. The van der Waals surface area contributed by atoms with Gasteiger partial charge in [0.1, 0.15) is 5.82 Å². The van der Waals surface area contributed by atoms with Gasteiger partial charge in [-0.3, -0.25) is 4.79 Å². The number of hydrogen-bond donors (Lipinski definition) is 1. The van der Waals surface area contributed by atoms with Crippen LogP contribution in [0.5, 0.6) is 0 Å². The highest BCUT2D eigenvalue weighted by Crippen LogP contribution is 2.22. The lowest BCUT2D eigenvalue weighted by molar-refractivity contribution is -0.119. The molecule has 0 bridgehead atoms. The molecule has 4 nitrogen and oxygen atoms in total. The summed E-state index contributed by atoms with van der Waals surface area (Å²) in [4.78, 5) is 17.2. The Balaban J connectivity index is 1.91. The smallest absolute Gasteiger partial charge is 0.229 e. The molecular formula is C16H19FN2O2S. The Morgan fingerprint density at radius 2 is 2.14 bits per heavy atom. The molecule has 0 fully saturated rings. The third-order valence-corrected chi connectivity index (χ3v) is 4.19. The van der Waals surface area contributed by atoms with Gasteiger partial charge in [0.25, 0.3) is 0 Å². The van der Waals surface area contributed by atoms with Crippen molar-refractivity contribution in [1.29, 1.82) is 0 Å². The third kappa shape index (κ3) is 4.89. The molecule has 0 saturated carbocycles. The molecule has 1 aromatic carbocycles. The predicted molar refractivity (Wildman–Crippen MR) is 85.6 cm³/mol. The predicted octanol–water partition coefficient (Wildman–Crippen LogP) is 3.48. The van der Waals surface area contributed by atoms with Gasteiger partial charge in [0, 0.05) is 37.1 Å². The number of anilines is 1. The number of ether oxygens (including phenoxy) is 1. The number of halogens is 1. The van der Waals surface area contributed by atoms with Gasteiger partial charge in [0.15, 0.2) is 5.13 Å². The van der Waals surface area contributed by atoms with E-state index in [1.54, 1.807) is 25.4 Å². The van der Waals surface area contributed by atoms with Crippen molar-refractivity contribution in [2.24, 2.45) is 5.92 Å². The van der Waals surface area contributed by atoms with Crippen molar-refractivity contribution in [2.45, 2.75) is 19.8 Å². The molecule has 1 unspecified atom stereocenters. The van der Waals surface area contributed by atoms with E-state index in [1.807, 2.05) is 6.92 Å². The second-order valence-electron chi connectivity index (χ2n) is 5.11. The van der Waals surface area contributed by atoms with Crippen LogP contribution in [0.3, 0.4) is 0 Å². The first-order valence-corrected chi connectivity index (χ1v) is 7.89. The van der Waals surface area contributed by atoms with Crippen molar-refractivity contribution in [3.8, 4) is 0 Å². The first-order chi connectivity index (χ1) is 10.6. The first-order valence-electron chi connectivity index (χ1n) is 7.07. The van der Waals surface area contributed by atoms with Crippen LogP contribution < -0.4 is 5.32 Å². The summed E-state index contributed by atoms with van der Waals surface area (Å²) in [5.74, 6) is -0.421. The molecule has 1 aromatic heterocycles. The highest BCUT2D eigenvalue weighted by Gasteiger charge is 2.14. The molecular weight excluding hydrogens is 303 g/mol. The Morgan fingerprint density at radius 3 is 2.82 bits per heavy atom. The maximum absolute atomic E-state index is 12.9. The molecule has 22 heavy (non-hydrogen) atoms. The Hall–Kier alpha value is -1.79. The van der Waals surface area contributed by atoms with Crippen LogP contribution in [0.1, 0.15) is 23.8 Å². The minimum absolute atomic E-state index is 0.0558. The van der Waals surface area contributed by atoms with Gasteiger partial charge in [-0.05, 0) is 24.1 Å². The number of rotatable bonds is 7. The monoisotopic (exact) mass is 322 g/mol. The van der Waals surface area contributed by atoms with Gasteiger partial charge in [-0.15, -0.1) is 11.3 Å². The third-order valence-electron chi connectivity index (χ3n) is 3.28. The quantitative estimate of drug-likeness (QED) is 0.849. The van der Waals surface area contributed by atoms with Crippen molar-refractivity contribution >= 4 is 22.4 Å². The van der Waals surface area contributed by atoms with Crippen molar-refractivity contribution < 1.29 is 13.9 Å². The number of benzene rings is 1. The minimum Gasteiger partial charge on any atom is -0.385 e. The van der Waals surface area contributed by atoms with Crippen molar-refractivity contribution in [3.05, 3.63) is 46.7 Å². The lowest BCUT2D eigenvalue weighted by atomic mass is 10.1. The van der Waals surface area contributed by atoms with E-state index in [0.717, 1.165) is 10.4 Å². The Bertz CT molecular complexity index is 613. The lowest BCUT2D eigenvalue weighted by Crippen LogP contribution is -2.21. The number of amides is 1. The van der Waals surface area contributed by atoms with Gasteiger partial charge < -0.3 is 10.1 Å². The van der Waals surface area contributed by atoms with Crippen LogP contribution in [0.15, 0.2) is 30.5 Å². The van der Waals surface area contributed by atoms with Crippen molar-refractivity contribution in [3.63, 3.8) is 0 Å². The average molecular weight is 322 g/mol. The summed E-state index contributed by atoms with van der Waals surface area (Å²) in [6.45, 7) is 2.42. The number of nitrogens with one attached hydrogen (secondary N) is 1. The lowest BCUT2D eigenvalue weighted by Gasteiger charge is -2.09. The second-order valence-corrected chi connectivity index (χ2v) is 6.22. The van der Waals surface area contributed by atoms with E-state index in [1.165, 1.54) is 23.5 Å². The fourth-order valence-corrected chi connectivity index (χ4v) is 2.75. The Kier molecular flexibility index (Phi) is 6.03. The zero-order valence-corrected chi connectivity index (χ0v) is 13.5. The fraction of sp³-hybridized carbons (Fsp3) is 0.375. The van der Waals surface area contributed by atoms with Crippen LogP contribution in [0.2, 0.25) is 0 Å². The zero-order chi connectivity index (χ0) is 15.9. The van der Waals surface area contributed by atoms with Crippen LogP contribution in [0, 0.1) is 11.7 Å². The zero-order valence-electron chi connectivity index (χ0n) is 12.6. The fourth-order valence-electron chi connectivity index (χ4n) is 1.90. The molecule has 0 aliphatic rings. The second kappa shape index (κ2) is 8.00. The van der Waals surface area contributed by atoms with Gasteiger partial charge in [0.05, 0.1) is 0 Å². The first kappa shape index (κ1) is 16.6. The van der Waals surface area contributed by atoms with Crippen LogP contribution in [-0.2, 0) is 16.0 Å². The van der Waals surface area contributed by atoms with E-state index >= 15 is 0 Å². The number of nitrogens with zero attached hydrogens (tertiary/aromatic N) is 1. The summed E-state index contributed by atoms with van der Waals surface area (Å²) >= 11 is 1.43. The van der Waals surface area contributed by atoms with Crippen molar-refractivity contribution in [1.82, 2.24) is 4.98 Å². The summed E-state index contributed by atoms with van der Waals surface area (Å²) in [6, 6.07) is 6.38. The summed E-state index contributed by atoms with van der Waals surface area (Å²) < 4.78 is 17.8. The van der Waals surface area contributed by atoms with Gasteiger partial charge in [-0.25, -0.2) is 9.37 Å². The summed E-state index contributed by atoms with van der Waals surface area (Å²) in [5.41, 5.74) is 1.01. The number of hydrogen-bond acceptors (Lipinski definition) is 4.